The third-order valence-corrected chi connectivity index (χ3v) is 3.79. The Kier molecular flexibility index (Phi) is 3.15. The van der Waals surface area contributed by atoms with Gasteiger partial charge in [0.1, 0.15) is 0 Å². The van der Waals surface area contributed by atoms with Crippen LogP contribution in [-0.2, 0) is 22.0 Å². The second kappa shape index (κ2) is 4.29. The molecule has 2 heterocycles. The van der Waals surface area contributed by atoms with E-state index in [2.05, 4.69) is 46.9 Å². The quantitative estimate of drug-likeness (QED) is 0.890. The lowest BCUT2D eigenvalue weighted by Crippen LogP contribution is -2.27. The van der Waals surface area contributed by atoms with E-state index in [1.165, 1.54) is 0 Å². The van der Waals surface area contributed by atoms with E-state index >= 15 is 0 Å². The van der Waals surface area contributed by atoms with Crippen molar-refractivity contribution in [3.05, 3.63) is 17.1 Å². The predicted molar refractivity (Wildman–Crippen MR) is 76.4 cm³/mol. The summed E-state index contributed by atoms with van der Waals surface area (Å²) in [5.74, 6) is 0.631. The van der Waals surface area contributed by atoms with E-state index in [0.717, 1.165) is 23.5 Å². The summed E-state index contributed by atoms with van der Waals surface area (Å²) in [6, 6.07) is 0. The van der Waals surface area contributed by atoms with Crippen molar-refractivity contribution in [2.45, 2.75) is 65.2 Å². The second-order valence-electron chi connectivity index (χ2n) is 6.93. The number of hydrogen-bond acceptors (Lipinski definition) is 3. The molecule has 0 aromatic carbocycles. The molecule has 0 atom stereocenters. The largest absolute Gasteiger partial charge is 0.309 e. The first kappa shape index (κ1) is 14.0. The van der Waals surface area contributed by atoms with Crippen LogP contribution < -0.4 is 5.32 Å². The Morgan fingerprint density at radius 1 is 1.11 bits per heavy atom. The molecule has 4 heteroatoms. The van der Waals surface area contributed by atoms with Crippen LogP contribution in [0.4, 0.5) is 5.82 Å². The van der Waals surface area contributed by atoms with Crippen molar-refractivity contribution in [2.24, 2.45) is 0 Å². The molecule has 0 bridgehead atoms. The van der Waals surface area contributed by atoms with Crippen LogP contribution in [0.2, 0.25) is 0 Å². The summed E-state index contributed by atoms with van der Waals surface area (Å²) < 4.78 is 0. The molecule has 1 amide bonds. The van der Waals surface area contributed by atoms with Gasteiger partial charge >= 0.3 is 0 Å². The van der Waals surface area contributed by atoms with Gasteiger partial charge in [0.05, 0.1) is 23.5 Å². The van der Waals surface area contributed by atoms with Crippen LogP contribution in [0.15, 0.2) is 0 Å². The summed E-state index contributed by atoms with van der Waals surface area (Å²) >= 11 is 0. The molecular formula is C15H23N3O. The summed E-state index contributed by atoms with van der Waals surface area (Å²) in [6.45, 7) is 12.9. The van der Waals surface area contributed by atoms with Crippen molar-refractivity contribution in [1.29, 1.82) is 0 Å². The minimum absolute atomic E-state index is 0.0127. The van der Waals surface area contributed by atoms with E-state index in [-0.39, 0.29) is 16.7 Å². The molecule has 1 aromatic heterocycles. The molecule has 0 radical (unpaired) electrons. The van der Waals surface area contributed by atoms with Gasteiger partial charge in [-0.3, -0.25) is 9.78 Å². The Labute approximate surface area is 115 Å². The first-order chi connectivity index (χ1) is 8.65. The lowest BCUT2D eigenvalue weighted by molar-refractivity contribution is -0.115. The van der Waals surface area contributed by atoms with Crippen molar-refractivity contribution >= 4 is 11.7 Å². The van der Waals surface area contributed by atoms with Crippen LogP contribution in [0.25, 0.3) is 0 Å². The van der Waals surface area contributed by atoms with Crippen LogP contribution in [0.1, 0.15) is 65.0 Å². The van der Waals surface area contributed by atoms with Crippen LogP contribution >= 0.6 is 0 Å². The van der Waals surface area contributed by atoms with Crippen molar-refractivity contribution in [1.82, 2.24) is 9.97 Å². The number of carbonyl (C=O) groups excluding carboxylic acids is 1. The standard InChI is InChI=1S/C15H23N3O/c1-7-15(5,6)12-11(14(2,3)4)18-13-9(16-12)8-10(19)17-13/h7-8H2,1-6H3,(H,17,18,19). The first-order valence-corrected chi connectivity index (χ1v) is 6.87. The highest BCUT2D eigenvalue weighted by atomic mass is 16.1. The molecule has 0 unspecified atom stereocenters. The SMILES string of the molecule is CCC(C)(C)c1nc2c(nc1C(C)(C)C)NC(=O)C2. The van der Waals surface area contributed by atoms with Gasteiger partial charge in [0.25, 0.3) is 0 Å². The maximum absolute atomic E-state index is 11.5. The molecular weight excluding hydrogens is 238 g/mol. The summed E-state index contributed by atoms with van der Waals surface area (Å²) in [5.41, 5.74) is 2.68. The van der Waals surface area contributed by atoms with Gasteiger partial charge in [0, 0.05) is 10.8 Å². The zero-order valence-corrected chi connectivity index (χ0v) is 12.7. The number of aromatic nitrogens is 2. The van der Waals surface area contributed by atoms with Crippen molar-refractivity contribution in [2.75, 3.05) is 5.32 Å². The number of nitrogens with zero attached hydrogens (tertiary/aromatic N) is 2. The van der Waals surface area contributed by atoms with Crippen molar-refractivity contribution in [3.8, 4) is 0 Å². The molecule has 0 saturated carbocycles. The van der Waals surface area contributed by atoms with E-state index in [4.69, 9.17) is 9.97 Å². The number of fused-ring (bicyclic) bond motifs is 1. The average molecular weight is 261 g/mol. The van der Waals surface area contributed by atoms with Gasteiger partial charge in [-0.15, -0.1) is 0 Å². The summed E-state index contributed by atoms with van der Waals surface area (Å²) in [7, 11) is 0. The van der Waals surface area contributed by atoms with Crippen molar-refractivity contribution in [3.63, 3.8) is 0 Å². The fourth-order valence-electron chi connectivity index (χ4n) is 2.18. The fraction of sp³-hybridized carbons (Fsp3) is 0.667. The van der Waals surface area contributed by atoms with Crippen LogP contribution in [-0.4, -0.2) is 15.9 Å². The highest BCUT2D eigenvalue weighted by Gasteiger charge is 2.33. The van der Waals surface area contributed by atoms with Crippen LogP contribution in [0.5, 0.6) is 0 Å². The maximum Gasteiger partial charge on any atom is 0.231 e. The number of rotatable bonds is 2. The number of amides is 1. The summed E-state index contributed by atoms with van der Waals surface area (Å²) in [4.78, 5) is 21.0. The van der Waals surface area contributed by atoms with Crippen molar-refractivity contribution < 1.29 is 4.79 Å². The molecule has 0 saturated heterocycles. The van der Waals surface area contributed by atoms with Gasteiger partial charge in [-0.1, -0.05) is 41.5 Å². The highest BCUT2D eigenvalue weighted by molar-refractivity contribution is 5.97. The van der Waals surface area contributed by atoms with E-state index in [9.17, 15) is 4.79 Å². The van der Waals surface area contributed by atoms with Gasteiger partial charge < -0.3 is 5.32 Å². The lowest BCUT2D eigenvalue weighted by Gasteiger charge is -2.30. The molecule has 4 nitrogen and oxygen atoms in total. The molecule has 0 fully saturated rings. The zero-order valence-electron chi connectivity index (χ0n) is 12.7. The topological polar surface area (TPSA) is 54.9 Å². The Morgan fingerprint density at radius 3 is 2.26 bits per heavy atom. The Morgan fingerprint density at radius 2 is 1.74 bits per heavy atom. The Bertz CT molecular complexity index is 527. The van der Waals surface area contributed by atoms with Gasteiger partial charge in [-0.2, -0.15) is 0 Å². The molecule has 19 heavy (non-hydrogen) atoms. The van der Waals surface area contributed by atoms with E-state index in [1.54, 1.807) is 0 Å². The predicted octanol–water partition coefficient (Wildman–Crippen LogP) is 2.96. The van der Waals surface area contributed by atoms with Gasteiger partial charge in [-0.05, 0) is 6.42 Å². The first-order valence-electron chi connectivity index (χ1n) is 6.87. The van der Waals surface area contributed by atoms with Gasteiger partial charge in [-0.25, -0.2) is 4.98 Å². The minimum atomic E-state index is -0.0862. The number of nitrogens with one attached hydrogen (secondary N) is 1. The molecule has 0 spiro atoms. The third-order valence-electron chi connectivity index (χ3n) is 3.79. The van der Waals surface area contributed by atoms with E-state index in [1.807, 2.05) is 0 Å². The lowest BCUT2D eigenvalue weighted by atomic mass is 9.79. The molecule has 1 N–H and O–H groups in total. The fourth-order valence-corrected chi connectivity index (χ4v) is 2.18. The smallest absolute Gasteiger partial charge is 0.231 e. The zero-order chi connectivity index (χ0) is 14.4. The monoisotopic (exact) mass is 261 g/mol. The molecule has 104 valence electrons. The van der Waals surface area contributed by atoms with E-state index < -0.39 is 0 Å². The molecule has 1 aliphatic heterocycles. The van der Waals surface area contributed by atoms with Gasteiger partial charge in [0.2, 0.25) is 5.91 Å². The van der Waals surface area contributed by atoms with Crippen LogP contribution in [0, 0.1) is 0 Å². The summed E-state index contributed by atoms with van der Waals surface area (Å²) in [5, 5.41) is 2.79. The Hall–Kier alpha value is -1.45. The second-order valence-corrected chi connectivity index (χ2v) is 6.93. The molecule has 2 rings (SSSR count). The summed E-state index contributed by atoms with van der Waals surface area (Å²) in [6.07, 6.45) is 1.34. The number of anilines is 1. The Balaban J connectivity index is 2.65. The highest BCUT2D eigenvalue weighted by Crippen LogP contribution is 2.36. The number of carbonyl (C=O) groups is 1. The maximum atomic E-state index is 11.5. The average Bonchev–Trinajstić information content (AvgIpc) is 2.65. The number of hydrogen-bond donors (Lipinski definition) is 1. The van der Waals surface area contributed by atoms with E-state index in [0.29, 0.717) is 12.2 Å². The molecule has 0 aliphatic carbocycles. The molecule has 1 aliphatic rings. The van der Waals surface area contributed by atoms with Crippen LogP contribution in [0.3, 0.4) is 0 Å². The minimum Gasteiger partial charge on any atom is -0.309 e. The normalized spacial score (nSPS) is 15.4. The van der Waals surface area contributed by atoms with Gasteiger partial charge in [0.15, 0.2) is 5.82 Å². The third kappa shape index (κ3) is 2.48. The molecule has 1 aromatic rings.